The number of aromatic nitrogens is 3. The summed E-state index contributed by atoms with van der Waals surface area (Å²) in [6.07, 6.45) is 3.27. The van der Waals surface area contributed by atoms with Crippen LogP contribution in [0.15, 0.2) is 47.5 Å². The summed E-state index contributed by atoms with van der Waals surface area (Å²) in [5, 5.41) is 40.3. The third-order valence-corrected chi connectivity index (χ3v) is 9.66. The zero-order valence-corrected chi connectivity index (χ0v) is 26.3. The number of hydrogen-bond donors (Lipinski definition) is 3. The summed E-state index contributed by atoms with van der Waals surface area (Å²) in [4.78, 5) is 2.00. The molecule has 0 bridgehead atoms. The normalized spacial score (nSPS) is 24.6. The van der Waals surface area contributed by atoms with Gasteiger partial charge < -0.3 is 29.3 Å². The van der Waals surface area contributed by atoms with Crippen LogP contribution >= 0.6 is 0 Å². The molecule has 2 aliphatic heterocycles. The number of benzene rings is 2. The number of ether oxygens (including phenoxy) is 3. The topological polar surface area (TPSA) is 172 Å². The summed E-state index contributed by atoms with van der Waals surface area (Å²) in [6, 6.07) is 13.7. The molecular weight excluding hydrogens is 600 g/mol. The number of rotatable bonds is 12. The molecule has 0 spiro atoms. The van der Waals surface area contributed by atoms with Crippen LogP contribution in [0.5, 0.6) is 0 Å². The maximum Gasteiger partial charge on any atom is 0.250 e. The predicted octanol–water partition coefficient (Wildman–Crippen LogP) is 2.15. The molecule has 0 aliphatic carbocycles. The zero-order valence-electron chi connectivity index (χ0n) is 25.4. The Morgan fingerprint density at radius 2 is 1.91 bits per heavy atom. The second-order valence-electron chi connectivity index (χ2n) is 11.5. The molecule has 2 saturated heterocycles. The monoisotopic (exact) mass is 640 g/mol. The van der Waals surface area contributed by atoms with E-state index in [1.807, 2.05) is 24.3 Å². The molecule has 0 unspecified atom stereocenters. The molecule has 14 heteroatoms. The summed E-state index contributed by atoms with van der Waals surface area (Å²) in [6.45, 7) is 4.08. The molecule has 0 saturated carbocycles. The third kappa shape index (κ3) is 8.06. The van der Waals surface area contributed by atoms with Gasteiger partial charge in [-0.15, -0.1) is 5.10 Å². The number of nitrogens with zero attached hydrogens (tertiary/aromatic N) is 5. The van der Waals surface area contributed by atoms with Crippen molar-refractivity contribution in [3.63, 3.8) is 0 Å². The average Bonchev–Trinajstić information content (AvgIpc) is 3.50. The average molecular weight is 641 g/mol. The number of allylic oxidation sites excluding steroid dienone is 1. The second-order valence-corrected chi connectivity index (χ2v) is 13.2. The van der Waals surface area contributed by atoms with E-state index in [4.69, 9.17) is 14.2 Å². The van der Waals surface area contributed by atoms with Crippen LogP contribution in [0.3, 0.4) is 0 Å². The lowest BCUT2D eigenvalue weighted by Gasteiger charge is -2.40. The highest BCUT2D eigenvalue weighted by atomic mass is 32.2. The van der Waals surface area contributed by atoms with Crippen LogP contribution in [-0.4, -0.2) is 91.6 Å². The van der Waals surface area contributed by atoms with E-state index in [1.54, 1.807) is 19.2 Å². The molecule has 45 heavy (non-hydrogen) atoms. The van der Waals surface area contributed by atoms with Gasteiger partial charge in [0.2, 0.25) is 0 Å². The van der Waals surface area contributed by atoms with Gasteiger partial charge in [-0.2, -0.15) is 5.26 Å². The molecule has 2 fully saturated rings. The van der Waals surface area contributed by atoms with Crippen molar-refractivity contribution in [1.29, 1.82) is 5.26 Å². The molecule has 2 aromatic carbocycles. The van der Waals surface area contributed by atoms with Crippen LogP contribution in [0.1, 0.15) is 37.4 Å². The number of nitriles is 1. The highest BCUT2D eigenvalue weighted by Crippen LogP contribution is 2.28. The van der Waals surface area contributed by atoms with Crippen molar-refractivity contribution >= 4 is 32.6 Å². The highest BCUT2D eigenvalue weighted by Gasteiger charge is 2.42. The quantitative estimate of drug-likeness (QED) is 0.196. The Labute approximate surface area is 263 Å². The minimum atomic E-state index is -4.06. The van der Waals surface area contributed by atoms with E-state index < -0.39 is 40.5 Å². The van der Waals surface area contributed by atoms with Crippen LogP contribution in [-0.2, 0) is 37.4 Å². The highest BCUT2D eigenvalue weighted by molar-refractivity contribution is 7.93. The number of piperidine rings is 1. The second kappa shape index (κ2) is 14.8. The lowest BCUT2D eigenvalue weighted by Crippen LogP contribution is -2.54. The molecule has 13 nitrogen and oxygen atoms in total. The van der Waals surface area contributed by atoms with Crippen LogP contribution in [0.25, 0.3) is 16.8 Å². The summed E-state index contributed by atoms with van der Waals surface area (Å²) < 4.78 is 46.0. The first-order valence-electron chi connectivity index (χ1n) is 15.1. The van der Waals surface area contributed by atoms with E-state index in [0.29, 0.717) is 11.3 Å². The van der Waals surface area contributed by atoms with Crippen LogP contribution < -0.4 is 9.62 Å². The van der Waals surface area contributed by atoms with Gasteiger partial charge in [0.15, 0.2) is 11.2 Å². The molecule has 1 aromatic heterocycles. The number of fused-ring (bicyclic) bond motifs is 1. The van der Waals surface area contributed by atoms with Crippen LogP contribution in [0, 0.1) is 17.2 Å². The SMILES string of the molecule is CO[C@H]1O[C@H](Cn2cc(COCCNS(=O)(=O)/C(C#N)=C/c3ccc4cc(N5CCCCC5)ccc4c3)nn2)[C@@H](O)[C@H](C)[C@H]1O. The van der Waals surface area contributed by atoms with Crippen molar-refractivity contribution in [1.82, 2.24) is 19.7 Å². The van der Waals surface area contributed by atoms with Gasteiger partial charge in [-0.1, -0.05) is 30.3 Å². The molecule has 5 rings (SSSR count). The van der Waals surface area contributed by atoms with E-state index in [-0.39, 0.29) is 31.2 Å². The number of anilines is 1. The Bertz CT molecular complexity index is 1630. The van der Waals surface area contributed by atoms with Gasteiger partial charge >= 0.3 is 0 Å². The Hall–Kier alpha value is -3.42. The number of hydrogen-bond acceptors (Lipinski definition) is 11. The van der Waals surface area contributed by atoms with Gasteiger partial charge in [0.05, 0.1) is 32.1 Å². The fraction of sp³-hybridized carbons (Fsp3) is 0.516. The number of sulfonamides is 1. The van der Waals surface area contributed by atoms with Gasteiger partial charge in [-0.05, 0) is 59.9 Å². The Morgan fingerprint density at radius 1 is 1.16 bits per heavy atom. The lowest BCUT2D eigenvalue weighted by molar-refractivity contribution is -0.277. The molecule has 0 amide bonds. The van der Waals surface area contributed by atoms with Crippen molar-refractivity contribution in [2.24, 2.45) is 5.92 Å². The largest absolute Gasteiger partial charge is 0.390 e. The molecular formula is C31H40N6O7S. The van der Waals surface area contributed by atoms with Crippen molar-refractivity contribution in [2.45, 2.75) is 63.9 Å². The number of nitrogens with one attached hydrogen (secondary N) is 1. The lowest BCUT2D eigenvalue weighted by atomic mass is 9.90. The summed E-state index contributed by atoms with van der Waals surface area (Å²) in [7, 11) is -2.63. The van der Waals surface area contributed by atoms with E-state index in [2.05, 4.69) is 32.1 Å². The van der Waals surface area contributed by atoms with Crippen molar-refractivity contribution < 1.29 is 32.8 Å². The Kier molecular flexibility index (Phi) is 10.8. The minimum Gasteiger partial charge on any atom is -0.390 e. The Balaban J connectivity index is 1.11. The fourth-order valence-corrected chi connectivity index (χ4v) is 6.58. The van der Waals surface area contributed by atoms with Gasteiger partial charge in [-0.3, -0.25) is 0 Å². The van der Waals surface area contributed by atoms with Crippen molar-refractivity contribution in [3.8, 4) is 6.07 Å². The van der Waals surface area contributed by atoms with E-state index in [9.17, 15) is 23.9 Å². The van der Waals surface area contributed by atoms with E-state index in [1.165, 1.54) is 42.8 Å². The molecule has 2 aliphatic rings. The number of aliphatic hydroxyl groups excluding tert-OH is 2. The molecule has 3 aromatic rings. The molecule has 3 heterocycles. The van der Waals surface area contributed by atoms with Crippen LogP contribution in [0.2, 0.25) is 0 Å². The summed E-state index contributed by atoms with van der Waals surface area (Å²) >= 11 is 0. The molecule has 242 valence electrons. The third-order valence-electron chi connectivity index (χ3n) is 8.29. The summed E-state index contributed by atoms with van der Waals surface area (Å²) in [5.74, 6) is -0.453. The standard InChI is InChI=1S/C31H40N6O7S/c1-21-29(38)28(44-31(42-2)30(21)39)19-37-18-25(34-35-37)20-43-13-10-33-45(40,41)27(17-32)15-22-6-7-24-16-26(9-8-23(24)14-22)36-11-4-3-5-12-36/h6-9,14-16,18,21,28-31,33,38-39H,3-5,10-13,19-20H2,1-2H3/b27-15+/t21-,28+,29-,30+,31-/m0/s1. The van der Waals surface area contributed by atoms with Gasteiger partial charge in [-0.25, -0.2) is 17.8 Å². The van der Waals surface area contributed by atoms with Gasteiger partial charge in [0, 0.05) is 38.3 Å². The first-order chi connectivity index (χ1) is 21.7. The summed E-state index contributed by atoms with van der Waals surface area (Å²) in [5.41, 5.74) is 2.30. The molecule has 5 atom stereocenters. The minimum absolute atomic E-state index is 0.0372. The Morgan fingerprint density at radius 3 is 2.67 bits per heavy atom. The maximum atomic E-state index is 12.8. The van der Waals surface area contributed by atoms with E-state index in [0.717, 1.165) is 23.9 Å². The van der Waals surface area contributed by atoms with Crippen LogP contribution in [0.4, 0.5) is 5.69 Å². The van der Waals surface area contributed by atoms with Gasteiger partial charge in [0.1, 0.15) is 24.0 Å². The number of methoxy groups -OCH3 is 1. The first kappa shape index (κ1) is 33.0. The first-order valence-corrected chi connectivity index (χ1v) is 16.6. The zero-order chi connectivity index (χ0) is 32.0. The predicted molar refractivity (Wildman–Crippen MR) is 167 cm³/mol. The molecule has 0 radical (unpaired) electrons. The smallest absolute Gasteiger partial charge is 0.250 e. The number of aliphatic hydroxyl groups is 2. The maximum absolute atomic E-state index is 12.8. The van der Waals surface area contributed by atoms with Gasteiger partial charge in [0.25, 0.3) is 10.0 Å². The molecule has 3 N–H and O–H groups in total. The van der Waals surface area contributed by atoms with Crippen molar-refractivity contribution in [3.05, 3.63) is 58.8 Å². The van der Waals surface area contributed by atoms with E-state index >= 15 is 0 Å². The fourth-order valence-electron chi connectivity index (χ4n) is 5.66. The van der Waals surface area contributed by atoms with Crippen molar-refractivity contribution in [2.75, 3.05) is 38.3 Å².